The summed E-state index contributed by atoms with van der Waals surface area (Å²) in [5.41, 5.74) is 2.46. The van der Waals surface area contributed by atoms with Crippen molar-refractivity contribution in [1.29, 1.82) is 0 Å². The van der Waals surface area contributed by atoms with Crippen LogP contribution in [-0.4, -0.2) is 25.8 Å². The van der Waals surface area contributed by atoms with Gasteiger partial charge < -0.3 is 9.84 Å². The maximum Gasteiger partial charge on any atom is 0.259 e. The fourth-order valence-corrected chi connectivity index (χ4v) is 4.71. The van der Waals surface area contributed by atoms with Crippen molar-refractivity contribution in [3.8, 4) is 0 Å². The van der Waals surface area contributed by atoms with Crippen LogP contribution < -0.4 is 5.32 Å². The molecule has 0 unspecified atom stereocenters. The van der Waals surface area contributed by atoms with Gasteiger partial charge in [-0.1, -0.05) is 18.0 Å². The third-order valence-corrected chi connectivity index (χ3v) is 6.16. The van der Waals surface area contributed by atoms with Crippen molar-refractivity contribution in [3.63, 3.8) is 0 Å². The second-order valence-corrected chi connectivity index (χ2v) is 7.96. The SMILES string of the molecule is Cc1noc(C)c1CSc1ncccc1C(=O)Nc1ccnn1C1CCCC1. The minimum atomic E-state index is -0.172. The molecule has 0 aliphatic heterocycles. The number of carbonyl (C=O) groups excluding carboxylic acids is 1. The molecule has 3 aromatic rings. The normalized spacial score (nSPS) is 14.5. The fourth-order valence-electron chi connectivity index (χ4n) is 3.56. The number of nitrogens with one attached hydrogen (secondary N) is 1. The number of hydrogen-bond acceptors (Lipinski definition) is 6. The summed E-state index contributed by atoms with van der Waals surface area (Å²) in [6.07, 6.45) is 8.08. The highest BCUT2D eigenvalue weighted by atomic mass is 32.2. The van der Waals surface area contributed by atoms with E-state index in [2.05, 4.69) is 20.6 Å². The Bertz CT molecular complexity index is 955. The van der Waals surface area contributed by atoms with Crippen molar-refractivity contribution in [1.82, 2.24) is 19.9 Å². The van der Waals surface area contributed by atoms with Gasteiger partial charge in [0.15, 0.2) is 0 Å². The first-order chi connectivity index (χ1) is 13.6. The Morgan fingerprint density at radius 2 is 2.11 bits per heavy atom. The van der Waals surface area contributed by atoms with Crippen molar-refractivity contribution in [3.05, 3.63) is 53.2 Å². The lowest BCUT2D eigenvalue weighted by Gasteiger charge is -2.15. The van der Waals surface area contributed by atoms with Gasteiger partial charge in [0, 0.05) is 23.6 Å². The van der Waals surface area contributed by atoms with Crippen LogP contribution in [0.2, 0.25) is 0 Å². The molecule has 0 atom stereocenters. The Labute approximate surface area is 167 Å². The minimum absolute atomic E-state index is 0.172. The van der Waals surface area contributed by atoms with Crippen molar-refractivity contribution in [2.45, 2.75) is 56.4 Å². The standard InChI is InChI=1S/C20H23N5O2S/c1-13-17(14(2)27-24-13)12-28-20-16(8-5-10-21-20)19(26)23-18-9-11-22-25(18)15-6-3-4-7-15/h5,8-11,15H,3-4,6-7,12H2,1-2H3,(H,23,26). The van der Waals surface area contributed by atoms with E-state index in [-0.39, 0.29) is 5.91 Å². The molecule has 3 aromatic heterocycles. The predicted molar refractivity (Wildman–Crippen MR) is 107 cm³/mol. The lowest BCUT2D eigenvalue weighted by molar-refractivity contribution is 0.102. The molecule has 0 spiro atoms. The van der Waals surface area contributed by atoms with Crippen molar-refractivity contribution >= 4 is 23.5 Å². The van der Waals surface area contributed by atoms with Gasteiger partial charge in [-0.05, 0) is 38.8 Å². The molecule has 0 saturated heterocycles. The van der Waals surface area contributed by atoms with Gasteiger partial charge in [-0.2, -0.15) is 5.10 Å². The molecule has 4 rings (SSSR count). The first-order valence-corrected chi connectivity index (χ1v) is 10.5. The zero-order valence-corrected chi connectivity index (χ0v) is 16.8. The summed E-state index contributed by atoms with van der Waals surface area (Å²) in [6.45, 7) is 3.81. The number of nitrogens with zero attached hydrogens (tertiary/aromatic N) is 4. The van der Waals surface area contributed by atoms with E-state index in [0.29, 0.717) is 22.4 Å². The van der Waals surface area contributed by atoms with E-state index in [0.717, 1.165) is 35.7 Å². The van der Waals surface area contributed by atoms with Crippen molar-refractivity contribution in [2.75, 3.05) is 5.32 Å². The lowest BCUT2D eigenvalue weighted by atomic mass is 10.2. The van der Waals surface area contributed by atoms with Crippen LogP contribution in [0.25, 0.3) is 0 Å². The Kier molecular flexibility index (Phi) is 5.47. The Balaban J connectivity index is 1.50. The molecule has 1 N–H and O–H groups in total. The molecule has 0 bridgehead atoms. The molecule has 0 aromatic carbocycles. The molecular weight excluding hydrogens is 374 g/mol. The summed E-state index contributed by atoms with van der Waals surface area (Å²) in [5, 5.41) is 12.1. The molecule has 1 aliphatic carbocycles. The monoisotopic (exact) mass is 397 g/mol. The van der Waals surface area contributed by atoms with Crippen LogP contribution in [0.1, 0.15) is 59.1 Å². The third-order valence-electron chi connectivity index (χ3n) is 5.13. The van der Waals surface area contributed by atoms with Crippen LogP contribution >= 0.6 is 11.8 Å². The van der Waals surface area contributed by atoms with Gasteiger partial charge in [-0.3, -0.25) is 4.79 Å². The van der Waals surface area contributed by atoms with Crippen LogP contribution in [0.3, 0.4) is 0 Å². The van der Waals surface area contributed by atoms with E-state index in [1.54, 1.807) is 24.5 Å². The average Bonchev–Trinajstić information content (AvgIpc) is 3.43. The quantitative estimate of drug-likeness (QED) is 0.615. The number of anilines is 1. The Morgan fingerprint density at radius 3 is 2.86 bits per heavy atom. The van der Waals surface area contributed by atoms with E-state index in [1.807, 2.05) is 24.6 Å². The van der Waals surface area contributed by atoms with Crippen molar-refractivity contribution in [2.24, 2.45) is 0 Å². The van der Waals surface area contributed by atoms with Gasteiger partial charge in [-0.15, -0.1) is 11.8 Å². The number of rotatable bonds is 6. The number of aryl methyl sites for hydroxylation is 2. The Morgan fingerprint density at radius 1 is 1.29 bits per heavy atom. The van der Waals surface area contributed by atoms with Crippen molar-refractivity contribution < 1.29 is 9.32 Å². The molecular formula is C20H23N5O2S. The molecule has 1 fully saturated rings. The molecule has 0 radical (unpaired) electrons. The van der Waals surface area contributed by atoms with Gasteiger partial charge in [0.2, 0.25) is 0 Å². The average molecular weight is 398 g/mol. The van der Waals surface area contributed by atoms with E-state index in [9.17, 15) is 4.79 Å². The number of thioether (sulfide) groups is 1. The fraction of sp³-hybridized carbons (Fsp3) is 0.400. The van der Waals surface area contributed by atoms with Gasteiger partial charge in [0.05, 0.1) is 23.5 Å². The summed E-state index contributed by atoms with van der Waals surface area (Å²) in [4.78, 5) is 17.4. The maximum atomic E-state index is 13.0. The third kappa shape index (κ3) is 3.82. The lowest BCUT2D eigenvalue weighted by Crippen LogP contribution is -2.18. The van der Waals surface area contributed by atoms with Gasteiger partial charge in [0.25, 0.3) is 5.91 Å². The molecule has 3 heterocycles. The largest absolute Gasteiger partial charge is 0.361 e. The number of aromatic nitrogens is 4. The van der Waals surface area contributed by atoms with Crippen LogP contribution in [0.15, 0.2) is 40.1 Å². The summed E-state index contributed by atoms with van der Waals surface area (Å²) >= 11 is 1.51. The topological polar surface area (TPSA) is 85.8 Å². The highest BCUT2D eigenvalue weighted by Gasteiger charge is 2.22. The minimum Gasteiger partial charge on any atom is -0.361 e. The highest BCUT2D eigenvalue weighted by molar-refractivity contribution is 7.98. The molecule has 146 valence electrons. The second kappa shape index (κ2) is 8.18. The van der Waals surface area contributed by atoms with Gasteiger partial charge in [-0.25, -0.2) is 9.67 Å². The molecule has 1 saturated carbocycles. The van der Waals surface area contributed by atoms with E-state index in [1.165, 1.54) is 24.6 Å². The molecule has 1 amide bonds. The first-order valence-electron chi connectivity index (χ1n) is 9.48. The molecule has 8 heteroatoms. The zero-order chi connectivity index (χ0) is 19.5. The number of pyridine rings is 1. The second-order valence-electron chi connectivity index (χ2n) is 7.00. The van der Waals surface area contributed by atoms with Gasteiger partial charge >= 0.3 is 0 Å². The summed E-state index contributed by atoms with van der Waals surface area (Å²) in [7, 11) is 0. The van der Waals surface area contributed by atoms with E-state index in [4.69, 9.17) is 4.52 Å². The maximum absolute atomic E-state index is 13.0. The van der Waals surface area contributed by atoms with Gasteiger partial charge in [0.1, 0.15) is 16.6 Å². The number of carbonyl (C=O) groups is 1. The summed E-state index contributed by atoms with van der Waals surface area (Å²) in [5.74, 6) is 2.02. The number of amides is 1. The predicted octanol–water partition coefficient (Wildman–Crippen LogP) is 4.54. The highest BCUT2D eigenvalue weighted by Crippen LogP contribution is 2.32. The van der Waals surface area contributed by atoms with E-state index >= 15 is 0 Å². The first kappa shape index (κ1) is 18.7. The molecule has 7 nitrogen and oxygen atoms in total. The smallest absolute Gasteiger partial charge is 0.259 e. The Hall–Kier alpha value is -2.61. The molecule has 1 aliphatic rings. The summed E-state index contributed by atoms with van der Waals surface area (Å²) in [6, 6.07) is 5.80. The van der Waals surface area contributed by atoms with Crippen LogP contribution in [0.4, 0.5) is 5.82 Å². The molecule has 28 heavy (non-hydrogen) atoms. The number of hydrogen-bond donors (Lipinski definition) is 1. The van der Waals surface area contributed by atoms with Crippen LogP contribution in [-0.2, 0) is 5.75 Å². The van der Waals surface area contributed by atoms with Crippen LogP contribution in [0.5, 0.6) is 0 Å². The van der Waals surface area contributed by atoms with E-state index < -0.39 is 0 Å². The van der Waals surface area contributed by atoms with Crippen LogP contribution in [0, 0.1) is 13.8 Å². The zero-order valence-electron chi connectivity index (χ0n) is 16.0. The summed E-state index contributed by atoms with van der Waals surface area (Å²) < 4.78 is 7.16.